The van der Waals surface area contributed by atoms with Gasteiger partial charge < -0.3 is 4.98 Å². The van der Waals surface area contributed by atoms with Gasteiger partial charge in [-0.25, -0.2) is 0 Å². The zero-order valence-corrected chi connectivity index (χ0v) is 10.1. The van der Waals surface area contributed by atoms with E-state index in [-0.39, 0.29) is 4.90 Å². The molecule has 0 aliphatic rings. The van der Waals surface area contributed by atoms with Crippen LogP contribution < -0.4 is 0 Å². The first-order valence-corrected chi connectivity index (χ1v) is 6.52. The summed E-state index contributed by atoms with van der Waals surface area (Å²) in [6.45, 7) is 1.90. The molecule has 0 amide bonds. The van der Waals surface area contributed by atoms with Crippen molar-refractivity contribution in [2.75, 3.05) is 0 Å². The summed E-state index contributed by atoms with van der Waals surface area (Å²) < 4.78 is 27.3. The molecule has 0 atom stereocenters. The first-order valence-electron chi connectivity index (χ1n) is 5.08. The standard InChI is InChI=1S/C12H12N2O2S/c1-10-4-6-12(7-5-10)17(15,16)14-9-11-3-2-8-13-11/h2-9,13H,1H3. The van der Waals surface area contributed by atoms with Gasteiger partial charge >= 0.3 is 0 Å². The number of aromatic amines is 1. The predicted molar refractivity (Wildman–Crippen MR) is 66.8 cm³/mol. The predicted octanol–water partition coefficient (Wildman–Crippen LogP) is 2.13. The number of benzene rings is 1. The van der Waals surface area contributed by atoms with Crippen molar-refractivity contribution in [3.05, 3.63) is 53.9 Å². The minimum Gasteiger partial charge on any atom is -0.360 e. The Kier molecular flexibility index (Phi) is 3.10. The highest BCUT2D eigenvalue weighted by Crippen LogP contribution is 2.12. The Bertz CT molecular complexity index is 611. The molecule has 1 aromatic carbocycles. The molecule has 88 valence electrons. The highest BCUT2D eigenvalue weighted by atomic mass is 32.2. The van der Waals surface area contributed by atoms with Crippen LogP contribution in [0.2, 0.25) is 0 Å². The maximum absolute atomic E-state index is 11.8. The first-order chi connectivity index (χ1) is 8.08. The zero-order valence-electron chi connectivity index (χ0n) is 9.29. The van der Waals surface area contributed by atoms with Crippen molar-refractivity contribution in [2.45, 2.75) is 11.8 Å². The molecule has 0 fully saturated rings. The third-order valence-corrected chi connectivity index (χ3v) is 3.52. The molecule has 0 aliphatic heterocycles. The normalized spacial score (nSPS) is 12.1. The fourth-order valence-electron chi connectivity index (χ4n) is 1.32. The fourth-order valence-corrected chi connectivity index (χ4v) is 2.18. The van der Waals surface area contributed by atoms with E-state index in [0.717, 1.165) is 5.56 Å². The lowest BCUT2D eigenvalue weighted by atomic mass is 10.2. The van der Waals surface area contributed by atoms with Crippen LogP contribution in [0.5, 0.6) is 0 Å². The molecule has 0 spiro atoms. The summed E-state index contributed by atoms with van der Waals surface area (Å²) in [5.74, 6) is 0. The van der Waals surface area contributed by atoms with Crippen LogP contribution in [-0.4, -0.2) is 19.6 Å². The Morgan fingerprint density at radius 3 is 2.47 bits per heavy atom. The lowest BCUT2D eigenvalue weighted by Crippen LogP contribution is -1.97. The molecule has 1 N–H and O–H groups in total. The smallest absolute Gasteiger partial charge is 0.282 e. The molecular formula is C12H12N2O2S. The van der Waals surface area contributed by atoms with Gasteiger partial charge in [0.25, 0.3) is 10.0 Å². The average molecular weight is 248 g/mol. The van der Waals surface area contributed by atoms with Crippen LogP contribution in [0, 0.1) is 6.92 Å². The second-order valence-corrected chi connectivity index (χ2v) is 5.28. The van der Waals surface area contributed by atoms with Crippen molar-refractivity contribution < 1.29 is 8.42 Å². The molecular weight excluding hydrogens is 236 g/mol. The lowest BCUT2D eigenvalue weighted by Gasteiger charge is -1.98. The summed E-state index contributed by atoms with van der Waals surface area (Å²) in [7, 11) is -3.60. The number of aryl methyl sites for hydroxylation is 1. The molecule has 4 nitrogen and oxygen atoms in total. The van der Waals surface area contributed by atoms with Crippen molar-refractivity contribution in [1.82, 2.24) is 4.98 Å². The maximum Gasteiger partial charge on any atom is 0.282 e. The van der Waals surface area contributed by atoms with Crippen LogP contribution in [0.15, 0.2) is 51.9 Å². The van der Waals surface area contributed by atoms with Gasteiger partial charge in [0.2, 0.25) is 0 Å². The van der Waals surface area contributed by atoms with Gasteiger partial charge in [-0.3, -0.25) is 0 Å². The van der Waals surface area contributed by atoms with Gasteiger partial charge in [0.15, 0.2) is 0 Å². The van der Waals surface area contributed by atoms with Crippen molar-refractivity contribution in [2.24, 2.45) is 4.40 Å². The molecule has 5 heteroatoms. The first kappa shape index (κ1) is 11.6. The van der Waals surface area contributed by atoms with Crippen LogP contribution in [0.25, 0.3) is 0 Å². The summed E-state index contributed by atoms with van der Waals surface area (Å²) in [6, 6.07) is 10.1. The third-order valence-electron chi connectivity index (χ3n) is 2.27. The summed E-state index contributed by atoms with van der Waals surface area (Å²) in [4.78, 5) is 3.06. The maximum atomic E-state index is 11.8. The average Bonchev–Trinajstić information content (AvgIpc) is 2.80. The topological polar surface area (TPSA) is 62.3 Å². The number of aromatic nitrogens is 1. The van der Waals surface area contributed by atoms with Crippen LogP contribution in [0.3, 0.4) is 0 Å². The second-order valence-electron chi connectivity index (χ2n) is 3.65. The van der Waals surface area contributed by atoms with Crippen molar-refractivity contribution in [1.29, 1.82) is 0 Å². The van der Waals surface area contributed by atoms with Gasteiger partial charge in [-0.1, -0.05) is 17.7 Å². The van der Waals surface area contributed by atoms with E-state index < -0.39 is 10.0 Å². The van der Waals surface area contributed by atoms with Crippen LogP contribution in [0.4, 0.5) is 0 Å². The SMILES string of the molecule is Cc1ccc(S(=O)(=O)N=Cc2ccc[nH]2)cc1. The van der Waals surface area contributed by atoms with E-state index in [1.807, 2.05) is 6.92 Å². The molecule has 0 saturated heterocycles. The minimum atomic E-state index is -3.60. The van der Waals surface area contributed by atoms with E-state index in [9.17, 15) is 8.42 Å². The van der Waals surface area contributed by atoms with Crippen molar-refractivity contribution in [3.63, 3.8) is 0 Å². The quantitative estimate of drug-likeness (QED) is 0.846. The van der Waals surface area contributed by atoms with Crippen LogP contribution in [0.1, 0.15) is 11.3 Å². The van der Waals surface area contributed by atoms with Gasteiger partial charge in [0.1, 0.15) is 0 Å². The molecule has 0 radical (unpaired) electrons. The third kappa shape index (κ3) is 2.82. The molecule has 2 rings (SSSR count). The second kappa shape index (κ2) is 4.55. The summed E-state index contributed by atoms with van der Waals surface area (Å²) in [5, 5.41) is 0. The van der Waals surface area contributed by atoms with Crippen LogP contribution in [-0.2, 0) is 10.0 Å². The van der Waals surface area contributed by atoms with E-state index in [1.54, 1.807) is 42.6 Å². The molecule has 0 bridgehead atoms. The number of sulfonamides is 1. The number of rotatable bonds is 3. The van der Waals surface area contributed by atoms with Gasteiger partial charge in [0, 0.05) is 6.20 Å². The molecule has 0 unspecified atom stereocenters. The number of hydrogen-bond acceptors (Lipinski definition) is 2. The highest BCUT2D eigenvalue weighted by molar-refractivity contribution is 7.90. The van der Waals surface area contributed by atoms with Crippen LogP contribution >= 0.6 is 0 Å². The Morgan fingerprint density at radius 1 is 1.18 bits per heavy atom. The van der Waals surface area contributed by atoms with Gasteiger partial charge in [-0.2, -0.15) is 12.8 Å². The molecule has 1 aromatic heterocycles. The monoisotopic (exact) mass is 248 g/mol. The van der Waals surface area contributed by atoms with E-state index in [1.165, 1.54) is 6.21 Å². The van der Waals surface area contributed by atoms with E-state index in [4.69, 9.17) is 0 Å². The van der Waals surface area contributed by atoms with Gasteiger partial charge in [-0.15, -0.1) is 0 Å². The van der Waals surface area contributed by atoms with E-state index in [0.29, 0.717) is 5.69 Å². The number of nitrogens with one attached hydrogen (secondary N) is 1. The van der Waals surface area contributed by atoms with E-state index >= 15 is 0 Å². The van der Waals surface area contributed by atoms with Crippen molar-refractivity contribution in [3.8, 4) is 0 Å². The minimum absolute atomic E-state index is 0.200. The van der Waals surface area contributed by atoms with Gasteiger partial charge in [-0.05, 0) is 31.2 Å². The number of H-pyrrole nitrogens is 1. The number of hydrogen-bond donors (Lipinski definition) is 1. The van der Waals surface area contributed by atoms with Crippen molar-refractivity contribution >= 4 is 16.2 Å². The Hall–Kier alpha value is -1.88. The Balaban J connectivity index is 2.28. The van der Waals surface area contributed by atoms with Gasteiger partial charge in [0.05, 0.1) is 16.8 Å². The van der Waals surface area contributed by atoms with E-state index in [2.05, 4.69) is 9.38 Å². The molecule has 0 saturated carbocycles. The lowest BCUT2D eigenvalue weighted by molar-refractivity contribution is 0.598. The Morgan fingerprint density at radius 2 is 1.88 bits per heavy atom. The summed E-state index contributed by atoms with van der Waals surface area (Å²) in [5.41, 5.74) is 1.66. The summed E-state index contributed by atoms with van der Waals surface area (Å²) >= 11 is 0. The fraction of sp³-hybridized carbons (Fsp3) is 0.0833. The summed E-state index contributed by atoms with van der Waals surface area (Å²) in [6.07, 6.45) is 3.01. The number of nitrogens with zero attached hydrogens (tertiary/aromatic N) is 1. The largest absolute Gasteiger partial charge is 0.360 e. The Labute approximate surface area is 100 Å². The highest BCUT2D eigenvalue weighted by Gasteiger charge is 2.10. The zero-order chi connectivity index (χ0) is 12.3. The molecule has 0 aliphatic carbocycles. The molecule has 17 heavy (non-hydrogen) atoms. The molecule has 2 aromatic rings. The molecule has 1 heterocycles.